The van der Waals surface area contributed by atoms with Gasteiger partial charge in [0.15, 0.2) is 0 Å². The van der Waals surface area contributed by atoms with Crippen molar-refractivity contribution in [3.8, 4) is 5.75 Å². The van der Waals surface area contributed by atoms with Gasteiger partial charge in [0.1, 0.15) is 5.75 Å². The van der Waals surface area contributed by atoms with Gasteiger partial charge < -0.3 is 15.0 Å². The number of ether oxygens (including phenoxy) is 1. The van der Waals surface area contributed by atoms with E-state index < -0.39 is 0 Å². The van der Waals surface area contributed by atoms with Gasteiger partial charge in [0.2, 0.25) is 11.8 Å². The van der Waals surface area contributed by atoms with Crippen LogP contribution in [0.4, 0.5) is 0 Å². The van der Waals surface area contributed by atoms with E-state index in [0.29, 0.717) is 25.4 Å². The molecule has 21 heavy (non-hydrogen) atoms. The van der Waals surface area contributed by atoms with Gasteiger partial charge in [-0.15, -0.1) is 0 Å². The molecule has 1 N–H and O–H groups in total. The number of hydrogen-bond donors (Lipinski definition) is 1. The third kappa shape index (κ3) is 3.35. The molecule has 1 aliphatic heterocycles. The molecule has 1 saturated heterocycles. The van der Waals surface area contributed by atoms with Gasteiger partial charge in [0.25, 0.3) is 0 Å². The SMILES string of the molecule is COc1cccc(CC(=O)N[C@H]2CC(=O)N(C3CC3)C2)c1. The van der Waals surface area contributed by atoms with Crippen molar-refractivity contribution in [3.63, 3.8) is 0 Å². The summed E-state index contributed by atoms with van der Waals surface area (Å²) in [5.41, 5.74) is 0.912. The highest BCUT2D eigenvalue weighted by molar-refractivity contribution is 5.83. The van der Waals surface area contributed by atoms with E-state index in [1.165, 1.54) is 0 Å². The number of methoxy groups -OCH3 is 1. The number of rotatable bonds is 5. The minimum atomic E-state index is -0.0452. The Bertz CT molecular complexity index is 554. The van der Waals surface area contributed by atoms with E-state index in [1.54, 1.807) is 7.11 Å². The van der Waals surface area contributed by atoms with Gasteiger partial charge in [-0.3, -0.25) is 9.59 Å². The zero-order chi connectivity index (χ0) is 14.8. The minimum Gasteiger partial charge on any atom is -0.497 e. The molecular weight excluding hydrogens is 268 g/mol. The molecule has 2 amide bonds. The van der Waals surface area contributed by atoms with Crippen LogP contribution in [0.3, 0.4) is 0 Å². The normalized spacial score (nSPS) is 21.5. The average Bonchev–Trinajstić information content (AvgIpc) is 3.23. The van der Waals surface area contributed by atoms with Gasteiger partial charge in [-0.2, -0.15) is 0 Å². The van der Waals surface area contributed by atoms with Gasteiger partial charge in [-0.25, -0.2) is 0 Å². The molecule has 0 spiro atoms. The largest absolute Gasteiger partial charge is 0.497 e. The van der Waals surface area contributed by atoms with Gasteiger partial charge in [0.05, 0.1) is 19.6 Å². The van der Waals surface area contributed by atoms with Crippen LogP contribution >= 0.6 is 0 Å². The Morgan fingerprint density at radius 2 is 2.24 bits per heavy atom. The lowest BCUT2D eigenvalue weighted by atomic mass is 10.1. The Labute approximate surface area is 124 Å². The van der Waals surface area contributed by atoms with E-state index in [-0.39, 0.29) is 17.9 Å². The van der Waals surface area contributed by atoms with Crippen molar-refractivity contribution in [1.82, 2.24) is 10.2 Å². The molecule has 5 heteroatoms. The highest BCUT2D eigenvalue weighted by atomic mass is 16.5. The molecule has 0 radical (unpaired) electrons. The molecule has 1 aromatic rings. The van der Waals surface area contributed by atoms with Crippen LogP contribution in [-0.2, 0) is 16.0 Å². The molecule has 1 atom stereocenters. The summed E-state index contributed by atoms with van der Waals surface area (Å²) in [5.74, 6) is 0.874. The van der Waals surface area contributed by atoms with E-state index >= 15 is 0 Å². The fourth-order valence-corrected chi connectivity index (χ4v) is 2.81. The monoisotopic (exact) mass is 288 g/mol. The summed E-state index contributed by atoms with van der Waals surface area (Å²) >= 11 is 0. The number of likely N-dealkylation sites (tertiary alicyclic amines) is 1. The third-order valence-electron chi connectivity index (χ3n) is 4.01. The van der Waals surface area contributed by atoms with Gasteiger partial charge >= 0.3 is 0 Å². The van der Waals surface area contributed by atoms with Crippen molar-refractivity contribution in [3.05, 3.63) is 29.8 Å². The Morgan fingerprint density at radius 3 is 2.95 bits per heavy atom. The molecule has 1 heterocycles. The van der Waals surface area contributed by atoms with Crippen molar-refractivity contribution >= 4 is 11.8 Å². The first-order valence-electron chi connectivity index (χ1n) is 7.37. The summed E-state index contributed by atoms with van der Waals surface area (Å²) in [6, 6.07) is 7.86. The molecule has 0 bridgehead atoms. The Kier molecular flexibility index (Phi) is 3.82. The second-order valence-electron chi connectivity index (χ2n) is 5.77. The molecule has 1 aliphatic carbocycles. The summed E-state index contributed by atoms with van der Waals surface area (Å²) in [5, 5.41) is 2.97. The fraction of sp³-hybridized carbons (Fsp3) is 0.500. The van der Waals surface area contributed by atoms with Crippen LogP contribution in [0.2, 0.25) is 0 Å². The molecule has 2 fully saturated rings. The van der Waals surface area contributed by atoms with Crippen LogP contribution in [0.25, 0.3) is 0 Å². The summed E-state index contributed by atoms with van der Waals surface area (Å²) in [7, 11) is 1.61. The Balaban J connectivity index is 1.53. The van der Waals surface area contributed by atoms with Crippen LogP contribution in [0, 0.1) is 0 Å². The highest BCUT2D eigenvalue weighted by Gasteiger charge is 2.39. The topological polar surface area (TPSA) is 58.6 Å². The lowest BCUT2D eigenvalue weighted by Gasteiger charge is -2.16. The summed E-state index contributed by atoms with van der Waals surface area (Å²) in [6.07, 6.45) is 2.96. The predicted octanol–water partition coefficient (Wildman–Crippen LogP) is 1.12. The molecular formula is C16H20N2O3. The minimum absolute atomic E-state index is 0.0429. The zero-order valence-corrected chi connectivity index (χ0v) is 12.2. The predicted molar refractivity (Wildman–Crippen MR) is 78.0 cm³/mol. The lowest BCUT2D eigenvalue weighted by molar-refractivity contribution is -0.128. The van der Waals surface area contributed by atoms with Crippen molar-refractivity contribution in [2.75, 3.05) is 13.7 Å². The van der Waals surface area contributed by atoms with Crippen LogP contribution < -0.4 is 10.1 Å². The van der Waals surface area contributed by atoms with E-state index in [2.05, 4.69) is 5.32 Å². The number of nitrogens with one attached hydrogen (secondary N) is 1. The van der Waals surface area contributed by atoms with Crippen LogP contribution in [0.5, 0.6) is 5.75 Å². The van der Waals surface area contributed by atoms with Crippen LogP contribution in [-0.4, -0.2) is 42.5 Å². The quantitative estimate of drug-likeness (QED) is 0.883. The maximum Gasteiger partial charge on any atom is 0.225 e. The van der Waals surface area contributed by atoms with Crippen molar-refractivity contribution in [2.24, 2.45) is 0 Å². The molecule has 1 aromatic carbocycles. The van der Waals surface area contributed by atoms with E-state index in [0.717, 1.165) is 24.2 Å². The van der Waals surface area contributed by atoms with Crippen molar-refractivity contribution in [1.29, 1.82) is 0 Å². The summed E-state index contributed by atoms with van der Waals surface area (Å²) in [4.78, 5) is 25.8. The first kappa shape index (κ1) is 13.9. The molecule has 112 valence electrons. The standard InChI is InChI=1S/C16H20N2O3/c1-21-14-4-2-3-11(7-14)8-15(19)17-12-9-16(20)18(10-12)13-5-6-13/h2-4,7,12-13H,5-6,8-10H2,1H3,(H,17,19)/t12-/m0/s1. The maximum atomic E-state index is 12.1. The van der Waals surface area contributed by atoms with Crippen molar-refractivity contribution < 1.29 is 14.3 Å². The zero-order valence-electron chi connectivity index (χ0n) is 12.2. The second-order valence-corrected chi connectivity index (χ2v) is 5.77. The van der Waals surface area contributed by atoms with E-state index in [1.807, 2.05) is 29.2 Å². The van der Waals surface area contributed by atoms with Crippen molar-refractivity contribution in [2.45, 2.75) is 37.8 Å². The number of nitrogens with zero attached hydrogens (tertiary/aromatic N) is 1. The van der Waals surface area contributed by atoms with Gasteiger partial charge in [0, 0.05) is 19.0 Å². The number of carbonyl (C=O) groups is 2. The summed E-state index contributed by atoms with van der Waals surface area (Å²) in [6.45, 7) is 0.660. The molecule has 5 nitrogen and oxygen atoms in total. The summed E-state index contributed by atoms with van der Waals surface area (Å²) < 4.78 is 5.15. The number of benzene rings is 1. The number of amides is 2. The van der Waals surface area contributed by atoms with Gasteiger partial charge in [-0.1, -0.05) is 12.1 Å². The first-order chi connectivity index (χ1) is 10.2. The van der Waals surface area contributed by atoms with E-state index in [4.69, 9.17) is 4.74 Å². The van der Waals surface area contributed by atoms with E-state index in [9.17, 15) is 9.59 Å². The molecule has 2 aliphatic rings. The molecule has 1 saturated carbocycles. The first-order valence-corrected chi connectivity index (χ1v) is 7.37. The Morgan fingerprint density at radius 1 is 1.43 bits per heavy atom. The Hall–Kier alpha value is -2.04. The number of carbonyl (C=O) groups excluding carboxylic acids is 2. The van der Waals surface area contributed by atoms with Crippen LogP contribution in [0.15, 0.2) is 24.3 Å². The average molecular weight is 288 g/mol. The fourth-order valence-electron chi connectivity index (χ4n) is 2.81. The molecule has 3 rings (SSSR count). The van der Waals surface area contributed by atoms with Crippen LogP contribution in [0.1, 0.15) is 24.8 Å². The lowest BCUT2D eigenvalue weighted by Crippen LogP contribution is -2.38. The highest BCUT2D eigenvalue weighted by Crippen LogP contribution is 2.30. The van der Waals surface area contributed by atoms with Gasteiger partial charge in [-0.05, 0) is 30.5 Å². The second kappa shape index (κ2) is 5.76. The molecule has 0 unspecified atom stereocenters. The molecule has 0 aromatic heterocycles. The third-order valence-corrected chi connectivity index (χ3v) is 4.01. The smallest absolute Gasteiger partial charge is 0.225 e. The maximum absolute atomic E-state index is 12.1. The number of hydrogen-bond acceptors (Lipinski definition) is 3.